The molecule has 0 N–H and O–H groups in total. The fraction of sp³-hybridized carbons (Fsp3) is 0.250. The second-order valence-electron chi connectivity index (χ2n) is 2.97. The van der Waals surface area contributed by atoms with Crippen LogP contribution in [0.25, 0.3) is 0 Å². The Balaban J connectivity index is 3.43. The Morgan fingerprint density at radius 2 is 1.87 bits per heavy atom. The summed E-state index contributed by atoms with van der Waals surface area (Å²) in [4.78, 5) is -0.941. The largest absolute Gasteiger partial charge is 0.270 e. The van der Waals surface area contributed by atoms with Crippen LogP contribution in [0.2, 0.25) is 0 Å². The molecule has 0 amide bonds. The molecule has 15 heavy (non-hydrogen) atoms. The van der Waals surface area contributed by atoms with E-state index in [0.29, 0.717) is 19.1 Å². The summed E-state index contributed by atoms with van der Waals surface area (Å²) in [5.74, 6) is -4.40. The van der Waals surface area contributed by atoms with Crippen LogP contribution < -0.4 is 0 Å². The van der Waals surface area contributed by atoms with E-state index < -0.39 is 31.2 Å². The first kappa shape index (κ1) is 12.3. The van der Waals surface area contributed by atoms with Crippen molar-refractivity contribution in [2.45, 2.75) is 17.7 Å². The lowest BCUT2D eigenvalue weighted by Crippen LogP contribution is -2.08. The molecule has 1 rings (SSSR count). The monoisotopic (exact) mass is 258 g/mol. The third kappa shape index (κ3) is 2.85. The van der Waals surface area contributed by atoms with Crippen molar-refractivity contribution in [2.75, 3.05) is 0 Å². The lowest BCUT2D eigenvalue weighted by molar-refractivity contribution is 0.0171. The molecule has 2 nitrogen and oxygen atoms in total. The van der Waals surface area contributed by atoms with Gasteiger partial charge < -0.3 is 0 Å². The minimum atomic E-state index is -4.35. The molecule has 0 bridgehead atoms. The van der Waals surface area contributed by atoms with Crippen molar-refractivity contribution in [1.29, 1.82) is 0 Å². The summed E-state index contributed by atoms with van der Waals surface area (Å²) in [5, 5.41) is 0. The quantitative estimate of drug-likeness (QED) is 0.765. The van der Waals surface area contributed by atoms with Gasteiger partial charge in [0.15, 0.2) is 0 Å². The number of hydrogen-bond acceptors (Lipinski definition) is 2. The zero-order valence-corrected chi connectivity index (χ0v) is 9.04. The van der Waals surface area contributed by atoms with Crippen LogP contribution in [0.4, 0.5) is 13.2 Å². The molecule has 1 aromatic carbocycles. The van der Waals surface area contributed by atoms with Crippen molar-refractivity contribution in [3.63, 3.8) is 0 Å². The van der Waals surface area contributed by atoms with Crippen LogP contribution in [0.15, 0.2) is 23.1 Å². The van der Waals surface area contributed by atoms with Gasteiger partial charge in [0, 0.05) is 23.2 Å². The van der Waals surface area contributed by atoms with E-state index in [9.17, 15) is 21.6 Å². The normalized spacial score (nSPS) is 12.9. The maximum absolute atomic E-state index is 12.9. The van der Waals surface area contributed by atoms with Gasteiger partial charge in [-0.1, -0.05) is 6.07 Å². The van der Waals surface area contributed by atoms with Crippen LogP contribution in [0.1, 0.15) is 12.5 Å². The molecule has 0 unspecified atom stereocenters. The van der Waals surface area contributed by atoms with Crippen molar-refractivity contribution in [2.24, 2.45) is 0 Å². The van der Waals surface area contributed by atoms with E-state index in [1.165, 1.54) is 0 Å². The van der Waals surface area contributed by atoms with Gasteiger partial charge in [-0.2, -0.15) is 0 Å². The van der Waals surface area contributed by atoms with E-state index in [1.54, 1.807) is 0 Å². The highest BCUT2D eigenvalue weighted by molar-refractivity contribution is 8.13. The highest BCUT2D eigenvalue weighted by Gasteiger charge is 2.27. The molecule has 84 valence electrons. The molecular weight excluding hydrogens is 253 g/mol. The molecule has 0 radical (unpaired) electrons. The van der Waals surface area contributed by atoms with Gasteiger partial charge in [0.2, 0.25) is 0 Å². The first-order valence-corrected chi connectivity index (χ1v) is 6.06. The molecule has 0 atom stereocenters. The molecule has 0 saturated heterocycles. The number of alkyl halides is 2. The molecule has 0 aromatic heterocycles. The fourth-order valence-corrected chi connectivity index (χ4v) is 1.89. The third-order valence-corrected chi connectivity index (χ3v) is 3.04. The highest BCUT2D eigenvalue weighted by Crippen LogP contribution is 2.30. The summed E-state index contributed by atoms with van der Waals surface area (Å²) in [5.41, 5.74) is -0.608. The van der Waals surface area contributed by atoms with Gasteiger partial charge in [-0.25, -0.2) is 21.6 Å². The van der Waals surface area contributed by atoms with Gasteiger partial charge in [0.25, 0.3) is 15.0 Å². The Hall–Kier alpha value is -0.750. The predicted octanol–water partition coefficient (Wildman–Crippen LogP) is 2.86. The average Bonchev–Trinajstić information content (AvgIpc) is 2.00. The van der Waals surface area contributed by atoms with Crippen molar-refractivity contribution in [3.8, 4) is 0 Å². The molecule has 0 aliphatic carbocycles. The predicted molar refractivity (Wildman–Crippen MR) is 49.0 cm³/mol. The molecule has 1 aromatic rings. The van der Waals surface area contributed by atoms with E-state index in [-0.39, 0.29) is 0 Å². The summed E-state index contributed by atoms with van der Waals surface area (Å²) < 4.78 is 60.2. The molecule has 0 saturated carbocycles. The zero-order chi connectivity index (χ0) is 11.9. The number of benzene rings is 1. The Morgan fingerprint density at radius 3 is 2.27 bits per heavy atom. The zero-order valence-electron chi connectivity index (χ0n) is 7.47. The van der Waals surface area contributed by atoms with Crippen LogP contribution in [-0.2, 0) is 15.0 Å². The summed E-state index contributed by atoms with van der Waals surface area (Å²) in [7, 11) is 0.521. The Kier molecular flexibility index (Phi) is 3.02. The van der Waals surface area contributed by atoms with Gasteiger partial charge in [0.05, 0.1) is 0 Å². The molecule has 0 heterocycles. The molecule has 0 fully saturated rings. The lowest BCUT2D eigenvalue weighted by atomic mass is 10.1. The fourth-order valence-electron chi connectivity index (χ4n) is 0.963. The average molecular weight is 259 g/mol. The summed E-state index contributed by atoms with van der Waals surface area (Å²) >= 11 is 0. The first-order chi connectivity index (χ1) is 6.62. The van der Waals surface area contributed by atoms with Crippen molar-refractivity contribution in [1.82, 2.24) is 0 Å². The van der Waals surface area contributed by atoms with Crippen LogP contribution in [0.5, 0.6) is 0 Å². The molecule has 0 aliphatic rings. The van der Waals surface area contributed by atoms with Crippen LogP contribution in [0, 0.1) is 5.82 Å². The van der Waals surface area contributed by atoms with Gasteiger partial charge in [-0.3, -0.25) is 0 Å². The molecule has 0 aliphatic heterocycles. The summed E-state index contributed by atoms with van der Waals surface area (Å²) in [6.45, 7) is 0.574. The SMILES string of the molecule is CC(F)(F)c1ccc(F)c(S(=O)(=O)Cl)c1. The Morgan fingerprint density at radius 1 is 1.33 bits per heavy atom. The van der Waals surface area contributed by atoms with Gasteiger partial charge in [-0.05, 0) is 12.1 Å². The maximum atomic E-state index is 12.9. The number of rotatable bonds is 2. The van der Waals surface area contributed by atoms with Crippen LogP contribution >= 0.6 is 10.7 Å². The lowest BCUT2D eigenvalue weighted by Gasteiger charge is -2.11. The minimum absolute atomic E-state index is 0.525. The van der Waals surface area contributed by atoms with Crippen LogP contribution in [-0.4, -0.2) is 8.42 Å². The van der Waals surface area contributed by atoms with Crippen molar-refractivity contribution < 1.29 is 21.6 Å². The Labute approximate surface area is 89.1 Å². The van der Waals surface area contributed by atoms with Crippen LogP contribution in [0.3, 0.4) is 0 Å². The van der Waals surface area contributed by atoms with Gasteiger partial charge >= 0.3 is 0 Å². The van der Waals surface area contributed by atoms with E-state index >= 15 is 0 Å². The second-order valence-corrected chi connectivity index (χ2v) is 5.51. The van der Waals surface area contributed by atoms with Crippen molar-refractivity contribution in [3.05, 3.63) is 29.6 Å². The highest BCUT2D eigenvalue weighted by atomic mass is 35.7. The minimum Gasteiger partial charge on any atom is -0.207 e. The standard InChI is InChI=1S/C8H6ClF3O2S/c1-8(11,12)5-2-3-6(10)7(4-5)15(9,13)14/h2-4H,1H3. The topological polar surface area (TPSA) is 34.1 Å². The second kappa shape index (κ2) is 3.68. The van der Waals surface area contributed by atoms with Gasteiger partial charge in [0.1, 0.15) is 10.7 Å². The third-order valence-electron chi connectivity index (χ3n) is 1.70. The Bertz CT molecular complexity index is 479. The van der Waals surface area contributed by atoms with Gasteiger partial charge in [-0.15, -0.1) is 0 Å². The first-order valence-electron chi connectivity index (χ1n) is 3.75. The van der Waals surface area contributed by atoms with E-state index in [2.05, 4.69) is 0 Å². The number of hydrogen-bond donors (Lipinski definition) is 0. The molecule has 0 spiro atoms. The van der Waals surface area contributed by atoms with Crippen molar-refractivity contribution >= 4 is 19.7 Å². The maximum Gasteiger partial charge on any atom is 0.270 e. The molecule has 7 heteroatoms. The summed E-state index contributed by atoms with van der Waals surface area (Å²) in [6, 6.07) is 1.97. The van der Waals surface area contributed by atoms with E-state index in [1.807, 2.05) is 0 Å². The smallest absolute Gasteiger partial charge is 0.207 e. The molecular formula is C8H6ClF3O2S. The summed E-state index contributed by atoms with van der Waals surface area (Å²) in [6.07, 6.45) is 0. The van der Waals surface area contributed by atoms with E-state index in [4.69, 9.17) is 10.7 Å². The number of halogens is 4. The van der Waals surface area contributed by atoms with E-state index in [0.717, 1.165) is 6.07 Å².